The molecule has 3 aromatic rings. The zero-order chi connectivity index (χ0) is 23.1. The van der Waals surface area contributed by atoms with Gasteiger partial charge < -0.3 is 15.0 Å². The summed E-state index contributed by atoms with van der Waals surface area (Å²) in [6.45, 7) is 7.36. The van der Waals surface area contributed by atoms with E-state index in [-0.39, 0.29) is 6.01 Å². The first-order valence-electron chi connectivity index (χ1n) is 10.1. The van der Waals surface area contributed by atoms with Crippen LogP contribution in [0.2, 0.25) is 5.02 Å². The first kappa shape index (κ1) is 23.0. The maximum Gasteiger partial charge on any atom is 0.326 e. The number of rotatable bonds is 7. The van der Waals surface area contributed by atoms with Gasteiger partial charge in [-0.15, -0.1) is 0 Å². The number of para-hydroxylation sites is 1. The molecule has 0 atom stereocenters. The predicted molar refractivity (Wildman–Crippen MR) is 125 cm³/mol. The van der Waals surface area contributed by atoms with Gasteiger partial charge in [-0.2, -0.15) is 0 Å². The molecule has 0 saturated carbocycles. The van der Waals surface area contributed by atoms with Gasteiger partial charge in [0.2, 0.25) is 0 Å². The molecule has 0 bridgehead atoms. The molecule has 3 amide bonds. The topological polar surface area (TPSA) is 96.5 Å². The minimum atomic E-state index is -0.651. The SMILES string of the molecule is CCN(CC)c1ccccc1C(=O)NC(=O)Nc1ccc(C)c(Oc2ncc(Cl)cn2)c1. The third-order valence-corrected chi connectivity index (χ3v) is 4.92. The number of hydrogen-bond acceptors (Lipinski definition) is 6. The maximum atomic E-state index is 12.7. The smallest absolute Gasteiger partial charge is 0.326 e. The minimum Gasteiger partial charge on any atom is -0.424 e. The van der Waals surface area contributed by atoms with Gasteiger partial charge in [0.1, 0.15) is 5.75 Å². The van der Waals surface area contributed by atoms with Crippen LogP contribution in [-0.4, -0.2) is 35.0 Å². The Morgan fingerprint density at radius 3 is 2.44 bits per heavy atom. The molecule has 1 heterocycles. The van der Waals surface area contributed by atoms with Crippen molar-refractivity contribution < 1.29 is 14.3 Å². The second kappa shape index (κ2) is 10.6. The minimum absolute atomic E-state index is 0.127. The third-order valence-electron chi connectivity index (χ3n) is 4.72. The summed E-state index contributed by atoms with van der Waals surface area (Å²) < 4.78 is 5.68. The van der Waals surface area contributed by atoms with Crippen molar-refractivity contribution in [1.29, 1.82) is 0 Å². The fourth-order valence-corrected chi connectivity index (χ4v) is 3.18. The Hall–Kier alpha value is -3.65. The average molecular weight is 454 g/mol. The van der Waals surface area contributed by atoms with Gasteiger partial charge in [0, 0.05) is 30.5 Å². The summed E-state index contributed by atoms with van der Waals surface area (Å²) in [6.07, 6.45) is 2.85. The number of imide groups is 1. The molecular weight excluding hydrogens is 430 g/mol. The number of anilines is 2. The van der Waals surface area contributed by atoms with Gasteiger partial charge in [-0.3, -0.25) is 10.1 Å². The molecule has 166 valence electrons. The van der Waals surface area contributed by atoms with Gasteiger partial charge >= 0.3 is 12.0 Å². The van der Waals surface area contributed by atoms with Crippen LogP contribution in [0.3, 0.4) is 0 Å². The van der Waals surface area contributed by atoms with Gasteiger partial charge in [0.25, 0.3) is 5.91 Å². The molecule has 2 N–H and O–H groups in total. The second-order valence-electron chi connectivity index (χ2n) is 6.86. The predicted octanol–water partition coefficient (Wildman–Crippen LogP) is 5.04. The Morgan fingerprint density at radius 2 is 1.75 bits per heavy atom. The lowest BCUT2D eigenvalue weighted by Gasteiger charge is -2.23. The Bertz CT molecular complexity index is 1100. The van der Waals surface area contributed by atoms with Crippen molar-refractivity contribution in [3.8, 4) is 11.8 Å². The first-order chi connectivity index (χ1) is 15.4. The normalized spacial score (nSPS) is 10.4. The van der Waals surface area contributed by atoms with Gasteiger partial charge in [0.15, 0.2) is 0 Å². The van der Waals surface area contributed by atoms with Crippen LogP contribution in [0.4, 0.5) is 16.2 Å². The van der Waals surface area contributed by atoms with Crippen LogP contribution < -0.4 is 20.3 Å². The highest BCUT2D eigenvalue weighted by Gasteiger charge is 2.17. The summed E-state index contributed by atoms with van der Waals surface area (Å²) in [5.41, 5.74) is 2.47. The highest BCUT2D eigenvalue weighted by molar-refractivity contribution is 6.30. The number of urea groups is 1. The van der Waals surface area contributed by atoms with E-state index in [1.165, 1.54) is 12.4 Å². The van der Waals surface area contributed by atoms with E-state index in [0.717, 1.165) is 24.3 Å². The standard InChI is InChI=1S/C23H24ClN5O3/c1-4-29(5-2)19-9-7-6-8-18(19)21(30)28-22(31)27-17-11-10-15(3)20(12-17)32-23-25-13-16(24)14-26-23/h6-14H,4-5H2,1-3H3,(H2,27,28,30,31). The highest BCUT2D eigenvalue weighted by Crippen LogP contribution is 2.26. The van der Waals surface area contributed by atoms with Crippen molar-refractivity contribution in [3.05, 3.63) is 71.0 Å². The van der Waals surface area contributed by atoms with Crippen LogP contribution in [0.5, 0.6) is 11.8 Å². The van der Waals surface area contributed by atoms with Crippen LogP contribution in [0.1, 0.15) is 29.8 Å². The lowest BCUT2D eigenvalue weighted by molar-refractivity contribution is 0.0967. The van der Waals surface area contributed by atoms with E-state index in [1.54, 1.807) is 30.3 Å². The summed E-state index contributed by atoms with van der Waals surface area (Å²) in [7, 11) is 0. The zero-order valence-corrected chi connectivity index (χ0v) is 18.8. The third kappa shape index (κ3) is 5.73. The van der Waals surface area contributed by atoms with E-state index >= 15 is 0 Å². The molecule has 0 radical (unpaired) electrons. The van der Waals surface area contributed by atoms with Crippen molar-refractivity contribution in [1.82, 2.24) is 15.3 Å². The van der Waals surface area contributed by atoms with E-state index < -0.39 is 11.9 Å². The number of carbonyl (C=O) groups is 2. The van der Waals surface area contributed by atoms with E-state index in [4.69, 9.17) is 16.3 Å². The molecule has 32 heavy (non-hydrogen) atoms. The van der Waals surface area contributed by atoms with Crippen molar-refractivity contribution in [2.75, 3.05) is 23.3 Å². The Morgan fingerprint density at radius 1 is 1.06 bits per heavy atom. The number of nitrogens with zero attached hydrogens (tertiary/aromatic N) is 3. The Labute approximate surface area is 191 Å². The number of nitrogens with one attached hydrogen (secondary N) is 2. The number of ether oxygens (including phenoxy) is 1. The fourth-order valence-electron chi connectivity index (χ4n) is 3.08. The molecule has 0 spiro atoms. The Kier molecular flexibility index (Phi) is 7.62. The van der Waals surface area contributed by atoms with E-state index in [1.807, 2.05) is 32.9 Å². The molecule has 0 aliphatic heterocycles. The van der Waals surface area contributed by atoms with Crippen LogP contribution >= 0.6 is 11.6 Å². The molecule has 0 aliphatic rings. The zero-order valence-electron chi connectivity index (χ0n) is 18.1. The largest absolute Gasteiger partial charge is 0.424 e. The van der Waals surface area contributed by atoms with Gasteiger partial charge in [-0.1, -0.05) is 29.8 Å². The summed E-state index contributed by atoms with van der Waals surface area (Å²) in [5, 5.41) is 5.43. The molecule has 0 fully saturated rings. The fraction of sp³-hybridized carbons (Fsp3) is 0.217. The summed E-state index contributed by atoms with van der Waals surface area (Å²) >= 11 is 5.79. The number of halogens is 1. The first-order valence-corrected chi connectivity index (χ1v) is 10.5. The number of benzene rings is 2. The molecule has 9 heteroatoms. The van der Waals surface area contributed by atoms with E-state index in [2.05, 4.69) is 25.5 Å². The van der Waals surface area contributed by atoms with Crippen molar-refractivity contribution in [2.45, 2.75) is 20.8 Å². The van der Waals surface area contributed by atoms with Crippen molar-refractivity contribution in [2.24, 2.45) is 0 Å². The summed E-state index contributed by atoms with van der Waals surface area (Å²) in [5.74, 6) is -0.0218. The van der Waals surface area contributed by atoms with Crippen LogP contribution in [-0.2, 0) is 0 Å². The molecule has 1 aromatic heterocycles. The molecule has 2 aromatic carbocycles. The molecule has 0 saturated heterocycles. The maximum absolute atomic E-state index is 12.7. The average Bonchev–Trinajstić information content (AvgIpc) is 2.78. The van der Waals surface area contributed by atoms with E-state index in [0.29, 0.717) is 22.0 Å². The highest BCUT2D eigenvalue weighted by atomic mass is 35.5. The lowest BCUT2D eigenvalue weighted by atomic mass is 10.1. The number of aryl methyl sites for hydroxylation is 1. The van der Waals surface area contributed by atoms with Crippen LogP contribution in [0.15, 0.2) is 54.9 Å². The Balaban J connectivity index is 1.70. The summed E-state index contributed by atoms with van der Waals surface area (Å²) in [4.78, 5) is 35.3. The van der Waals surface area contributed by atoms with E-state index in [9.17, 15) is 9.59 Å². The van der Waals surface area contributed by atoms with Crippen molar-refractivity contribution in [3.63, 3.8) is 0 Å². The number of aromatic nitrogens is 2. The number of carbonyl (C=O) groups excluding carboxylic acids is 2. The molecule has 3 rings (SSSR count). The van der Waals surface area contributed by atoms with Gasteiger partial charge in [-0.05, 0) is 44.5 Å². The molecule has 0 unspecified atom stereocenters. The van der Waals surface area contributed by atoms with Crippen LogP contribution in [0.25, 0.3) is 0 Å². The number of hydrogen-bond donors (Lipinski definition) is 2. The van der Waals surface area contributed by atoms with Crippen molar-refractivity contribution >= 4 is 34.9 Å². The quantitative estimate of drug-likeness (QED) is 0.520. The molecule has 0 aliphatic carbocycles. The van der Waals surface area contributed by atoms with Gasteiger partial charge in [-0.25, -0.2) is 14.8 Å². The number of amides is 3. The van der Waals surface area contributed by atoms with Gasteiger partial charge in [0.05, 0.1) is 23.0 Å². The monoisotopic (exact) mass is 453 g/mol. The second-order valence-corrected chi connectivity index (χ2v) is 7.30. The molecule has 8 nitrogen and oxygen atoms in total. The molecular formula is C23H24ClN5O3. The lowest BCUT2D eigenvalue weighted by Crippen LogP contribution is -2.35. The summed E-state index contributed by atoms with van der Waals surface area (Å²) in [6, 6.07) is 11.8. The van der Waals surface area contributed by atoms with Crippen LogP contribution in [0, 0.1) is 6.92 Å².